The number of hydrogen-bond acceptors (Lipinski definition) is 5. The van der Waals surface area contributed by atoms with E-state index < -0.39 is 9.84 Å². The number of nitrogens with zero attached hydrogens (tertiary/aromatic N) is 2. The van der Waals surface area contributed by atoms with Gasteiger partial charge < -0.3 is 14.2 Å². The molecule has 0 saturated carbocycles. The second kappa shape index (κ2) is 8.22. The fourth-order valence-corrected chi connectivity index (χ4v) is 5.97. The lowest BCUT2D eigenvalue weighted by Gasteiger charge is -2.28. The van der Waals surface area contributed by atoms with Crippen LogP contribution in [0.1, 0.15) is 47.4 Å². The predicted octanol–water partition coefficient (Wildman–Crippen LogP) is 3.41. The summed E-state index contributed by atoms with van der Waals surface area (Å²) in [6, 6.07) is 11.0. The largest absolute Gasteiger partial charge is 0.444 e. The lowest BCUT2D eigenvalue weighted by molar-refractivity contribution is 0.0666. The maximum Gasteiger partial charge on any atom is 0.254 e. The number of rotatable bonds is 5. The van der Waals surface area contributed by atoms with Gasteiger partial charge in [-0.15, -0.1) is 0 Å². The molecule has 1 unspecified atom stereocenters. The molecule has 0 spiro atoms. The standard InChI is InChI=1S/C22H28N2O4S/c1-17-6-5-7-18(14-17)22(25)24(19-10-13-29(26,27)16-19)15-20-8-9-21(28-20)23-11-3-2-4-12-23/h5-9,14,19H,2-4,10-13,15-16H2,1H3. The molecule has 156 valence electrons. The third kappa shape index (κ3) is 4.66. The zero-order valence-electron chi connectivity index (χ0n) is 16.8. The second-order valence-corrected chi connectivity index (χ2v) is 10.4. The molecular weight excluding hydrogens is 388 g/mol. The predicted molar refractivity (Wildman–Crippen MR) is 113 cm³/mol. The molecule has 2 aromatic rings. The smallest absolute Gasteiger partial charge is 0.254 e. The summed E-state index contributed by atoms with van der Waals surface area (Å²) in [6.07, 6.45) is 4.04. The van der Waals surface area contributed by atoms with Gasteiger partial charge in [-0.05, 0) is 50.8 Å². The van der Waals surface area contributed by atoms with E-state index in [4.69, 9.17) is 4.42 Å². The molecule has 0 N–H and O–H groups in total. The number of amides is 1. The Bertz CT molecular complexity index is 976. The first-order valence-corrected chi connectivity index (χ1v) is 12.2. The van der Waals surface area contributed by atoms with Crippen LogP contribution in [-0.2, 0) is 16.4 Å². The molecule has 2 fully saturated rings. The van der Waals surface area contributed by atoms with Gasteiger partial charge >= 0.3 is 0 Å². The van der Waals surface area contributed by atoms with Crippen molar-refractivity contribution in [3.05, 3.63) is 53.3 Å². The molecule has 1 aromatic heterocycles. The Morgan fingerprint density at radius 3 is 2.66 bits per heavy atom. The first-order valence-electron chi connectivity index (χ1n) is 10.3. The minimum absolute atomic E-state index is 0.0181. The molecule has 4 rings (SSSR count). The zero-order chi connectivity index (χ0) is 20.4. The van der Waals surface area contributed by atoms with Crippen molar-refractivity contribution in [1.82, 2.24) is 4.90 Å². The Morgan fingerprint density at radius 2 is 1.97 bits per heavy atom. The zero-order valence-corrected chi connectivity index (χ0v) is 17.7. The number of anilines is 1. The van der Waals surface area contributed by atoms with Crippen LogP contribution >= 0.6 is 0 Å². The van der Waals surface area contributed by atoms with Crippen molar-refractivity contribution in [3.63, 3.8) is 0 Å². The molecule has 1 atom stereocenters. The minimum Gasteiger partial charge on any atom is -0.444 e. The first kappa shape index (κ1) is 20.0. The lowest BCUT2D eigenvalue weighted by Crippen LogP contribution is -2.40. The Labute approximate surface area is 172 Å². The van der Waals surface area contributed by atoms with Gasteiger partial charge in [-0.1, -0.05) is 17.7 Å². The van der Waals surface area contributed by atoms with E-state index >= 15 is 0 Å². The summed E-state index contributed by atoms with van der Waals surface area (Å²) in [5.74, 6) is 1.53. The van der Waals surface area contributed by atoms with E-state index in [2.05, 4.69) is 4.90 Å². The van der Waals surface area contributed by atoms with E-state index in [9.17, 15) is 13.2 Å². The topological polar surface area (TPSA) is 70.8 Å². The molecule has 3 heterocycles. The van der Waals surface area contributed by atoms with Crippen LogP contribution < -0.4 is 4.90 Å². The van der Waals surface area contributed by atoms with E-state index in [1.165, 1.54) is 6.42 Å². The van der Waals surface area contributed by atoms with Crippen LogP contribution in [-0.4, -0.2) is 49.9 Å². The summed E-state index contributed by atoms with van der Waals surface area (Å²) in [6.45, 7) is 4.19. The van der Waals surface area contributed by atoms with Crippen molar-refractivity contribution < 1.29 is 17.6 Å². The van der Waals surface area contributed by atoms with Crippen molar-refractivity contribution in [2.45, 2.75) is 45.2 Å². The van der Waals surface area contributed by atoms with Crippen molar-refractivity contribution in [2.24, 2.45) is 0 Å². The van der Waals surface area contributed by atoms with Crippen LogP contribution in [0, 0.1) is 6.92 Å². The molecule has 0 radical (unpaired) electrons. The normalized spacial score (nSPS) is 21.3. The van der Waals surface area contributed by atoms with Gasteiger partial charge in [0.05, 0.1) is 18.1 Å². The molecule has 2 aliphatic rings. The monoisotopic (exact) mass is 416 g/mol. The van der Waals surface area contributed by atoms with Crippen LogP contribution in [0.15, 0.2) is 40.8 Å². The maximum atomic E-state index is 13.3. The summed E-state index contributed by atoms with van der Waals surface area (Å²) in [5, 5.41) is 0. The average Bonchev–Trinajstić information content (AvgIpc) is 3.32. The van der Waals surface area contributed by atoms with Crippen molar-refractivity contribution in [1.29, 1.82) is 0 Å². The highest BCUT2D eigenvalue weighted by molar-refractivity contribution is 7.91. The van der Waals surface area contributed by atoms with E-state index in [-0.39, 0.29) is 30.0 Å². The molecular formula is C22H28N2O4S. The number of carbonyl (C=O) groups excluding carboxylic acids is 1. The van der Waals surface area contributed by atoms with Crippen LogP contribution in [0.25, 0.3) is 0 Å². The number of carbonyl (C=O) groups is 1. The van der Waals surface area contributed by atoms with Gasteiger partial charge in [0.1, 0.15) is 5.76 Å². The highest BCUT2D eigenvalue weighted by atomic mass is 32.2. The van der Waals surface area contributed by atoms with Crippen LogP contribution in [0.4, 0.5) is 5.88 Å². The maximum absolute atomic E-state index is 13.3. The number of aryl methyl sites for hydroxylation is 1. The number of furan rings is 1. The van der Waals surface area contributed by atoms with Gasteiger partial charge in [0.2, 0.25) is 0 Å². The quantitative estimate of drug-likeness (QED) is 0.747. The van der Waals surface area contributed by atoms with E-state index in [0.29, 0.717) is 17.7 Å². The molecule has 2 aliphatic heterocycles. The Hall–Kier alpha value is -2.28. The molecule has 1 aromatic carbocycles. The Balaban J connectivity index is 1.57. The highest BCUT2D eigenvalue weighted by Crippen LogP contribution is 2.26. The fourth-order valence-electron chi connectivity index (χ4n) is 4.24. The number of hydrogen-bond donors (Lipinski definition) is 0. The van der Waals surface area contributed by atoms with E-state index in [0.717, 1.165) is 37.4 Å². The van der Waals surface area contributed by atoms with Crippen molar-refractivity contribution in [2.75, 3.05) is 29.5 Å². The molecule has 0 bridgehead atoms. The first-order chi connectivity index (χ1) is 13.9. The third-order valence-corrected chi connectivity index (χ3v) is 7.57. The third-order valence-electron chi connectivity index (χ3n) is 5.82. The molecule has 1 amide bonds. The van der Waals surface area contributed by atoms with Crippen LogP contribution in [0.2, 0.25) is 0 Å². The second-order valence-electron chi connectivity index (χ2n) is 8.15. The molecule has 6 nitrogen and oxygen atoms in total. The van der Waals surface area contributed by atoms with Gasteiger partial charge in [-0.2, -0.15) is 0 Å². The van der Waals surface area contributed by atoms with E-state index in [1.807, 2.05) is 37.3 Å². The van der Waals surface area contributed by atoms with Gasteiger partial charge in [-0.3, -0.25) is 4.79 Å². The summed E-state index contributed by atoms with van der Waals surface area (Å²) < 4.78 is 30.2. The minimum atomic E-state index is -3.10. The average molecular weight is 417 g/mol. The molecule has 7 heteroatoms. The Kier molecular flexibility index (Phi) is 5.67. The Morgan fingerprint density at radius 1 is 1.17 bits per heavy atom. The highest BCUT2D eigenvalue weighted by Gasteiger charge is 2.35. The van der Waals surface area contributed by atoms with Gasteiger partial charge in [0.15, 0.2) is 15.7 Å². The summed E-state index contributed by atoms with van der Waals surface area (Å²) in [5.41, 5.74) is 1.58. The fraction of sp³-hybridized carbons (Fsp3) is 0.500. The van der Waals surface area contributed by atoms with Crippen LogP contribution in [0.5, 0.6) is 0 Å². The molecule has 0 aliphatic carbocycles. The molecule has 2 saturated heterocycles. The van der Waals surface area contributed by atoms with Gasteiger partial charge in [0.25, 0.3) is 5.91 Å². The number of piperidine rings is 1. The van der Waals surface area contributed by atoms with Crippen molar-refractivity contribution in [3.8, 4) is 0 Å². The SMILES string of the molecule is Cc1cccc(C(=O)N(Cc2ccc(N3CCCCC3)o2)C2CCS(=O)(=O)C2)c1. The van der Waals surface area contributed by atoms with Crippen LogP contribution in [0.3, 0.4) is 0 Å². The summed E-state index contributed by atoms with van der Waals surface area (Å²) >= 11 is 0. The summed E-state index contributed by atoms with van der Waals surface area (Å²) in [4.78, 5) is 17.2. The molecule has 29 heavy (non-hydrogen) atoms. The lowest BCUT2D eigenvalue weighted by atomic mass is 10.1. The summed E-state index contributed by atoms with van der Waals surface area (Å²) in [7, 11) is -3.10. The number of sulfone groups is 1. The van der Waals surface area contributed by atoms with E-state index in [1.54, 1.807) is 11.0 Å². The van der Waals surface area contributed by atoms with Crippen molar-refractivity contribution >= 4 is 21.6 Å². The van der Waals surface area contributed by atoms with Gasteiger partial charge in [-0.25, -0.2) is 8.42 Å². The number of benzene rings is 1. The van der Waals surface area contributed by atoms with Gasteiger partial charge in [0, 0.05) is 30.8 Å².